The van der Waals surface area contributed by atoms with Crippen LogP contribution >= 0.6 is 0 Å². The molecule has 0 unspecified atom stereocenters. The summed E-state index contributed by atoms with van der Waals surface area (Å²) in [7, 11) is 0. The first-order valence-corrected chi connectivity index (χ1v) is 9.43. The van der Waals surface area contributed by atoms with E-state index < -0.39 is 0 Å². The number of ether oxygens (including phenoxy) is 2. The number of carbonyl (C=O) groups excluding carboxylic acids is 2. The summed E-state index contributed by atoms with van der Waals surface area (Å²) in [5.74, 6) is 0.759. The maximum absolute atomic E-state index is 12.0. The van der Waals surface area contributed by atoms with Gasteiger partial charge in [0, 0.05) is 6.54 Å². The van der Waals surface area contributed by atoms with Crippen molar-refractivity contribution in [1.29, 1.82) is 0 Å². The average Bonchev–Trinajstić information content (AvgIpc) is 2.62. The predicted molar refractivity (Wildman–Crippen MR) is 100 cm³/mol. The average molecular weight is 362 g/mol. The lowest BCUT2D eigenvalue weighted by molar-refractivity contribution is -0.149. The molecule has 1 fully saturated rings. The number of nitrogens with one attached hydrogen (secondary N) is 1. The van der Waals surface area contributed by atoms with Crippen molar-refractivity contribution in [3.8, 4) is 5.75 Å². The van der Waals surface area contributed by atoms with Crippen molar-refractivity contribution in [3.63, 3.8) is 0 Å². The van der Waals surface area contributed by atoms with Crippen molar-refractivity contribution in [3.05, 3.63) is 29.8 Å². The molecular weight excluding hydrogens is 332 g/mol. The number of aryl methyl sites for hydroxylation is 1. The molecule has 1 saturated heterocycles. The second-order valence-corrected chi connectivity index (χ2v) is 6.67. The van der Waals surface area contributed by atoms with Gasteiger partial charge in [0.25, 0.3) is 0 Å². The van der Waals surface area contributed by atoms with Gasteiger partial charge in [0.1, 0.15) is 5.75 Å². The minimum absolute atomic E-state index is 0.0203. The predicted octanol–water partition coefficient (Wildman–Crippen LogP) is 2.16. The lowest BCUT2D eigenvalue weighted by Gasteiger charge is -2.30. The smallest absolute Gasteiger partial charge is 0.309 e. The van der Waals surface area contributed by atoms with Gasteiger partial charge in [-0.25, -0.2) is 0 Å². The van der Waals surface area contributed by atoms with Gasteiger partial charge >= 0.3 is 5.97 Å². The van der Waals surface area contributed by atoms with E-state index in [2.05, 4.69) is 10.2 Å². The first-order valence-electron chi connectivity index (χ1n) is 9.43. The van der Waals surface area contributed by atoms with E-state index in [9.17, 15) is 9.59 Å². The fourth-order valence-corrected chi connectivity index (χ4v) is 3.04. The third-order valence-electron chi connectivity index (χ3n) is 4.48. The standard InChI is InChI=1S/C20H30N2O4/c1-3-25-20(24)17-8-11-22(12-9-17)15-19(23)21-10-5-13-26-18-7-4-6-16(2)14-18/h4,6-7,14,17H,3,5,8-13,15H2,1-2H3,(H,21,23). The van der Waals surface area contributed by atoms with Crippen LogP contribution in [0.4, 0.5) is 0 Å². The van der Waals surface area contributed by atoms with E-state index in [4.69, 9.17) is 9.47 Å². The van der Waals surface area contributed by atoms with Crippen LogP contribution in [0.15, 0.2) is 24.3 Å². The van der Waals surface area contributed by atoms with E-state index in [0.29, 0.717) is 26.3 Å². The molecular formula is C20H30N2O4. The molecule has 0 radical (unpaired) electrons. The SMILES string of the molecule is CCOC(=O)C1CCN(CC(=O)NCCCOc2cccc(C)c2)CC1. The van der Waals surface area contributed by atoms with Crippen LogP contribution in [0.5, 0.6) is 5.75 Å². The molecule has 0 aliphatic carbocycles. The fraction of sp³-hybridized carbons (Fsp3) is 0.600. The Balaban J connectivity index is 1.55. The van der Waals surface area contributed by atoms with Crippen LogP contribution in [0.2, 0.25) is 0 Å². The van der Waals surface area contributed by atoms with Crippen molar-refractivity contribution in [2.24, 2.45) is 5.92 Å². The summed E-state index contributed by atoms with van der Waals surface area (Å²) in [6, 6.07) is 7.93. The van der Waals surface area contributed by atoms with Gasteiger partial charge in [-0.3, -0.25) is 14.5 Å². The van der Waals surface area contributed by atoms with Crippen LogP contribution in [-0.2, 0) is 14.3 Å². The Morgan fingerprint density at radius 3 is 2.73 bits per heavy atom. The number of nitrogens with zero attached hydrogens (tertiary/aromatic N) is 1. The molecule has 26 heavy (non-hydrogen) atoms. The minimum Gasteiger partial charge on any atom is -0.494 e. The third kappa shape index (κ3) is 7.04. The second kappa shape index (κ2) is 10.8. The van der Waals surface area contributed by atoms with E-state index in [-0.39, 0.29) is 17.8 Å². The van der Waals surface area contributed by atoms with Gasteiger partial charge < -0.3 is 14.8 Å². The van der Waals surface area contributed by atoms with Crippen molar-refractivity contribution >= 4 is 11.9 Å². The molecule has 0 spiro atoms. The Kier molecular flexibility index (Phi) is 8.41. The Labute approximate surface area is 155 Å². The zero-order valence-corrected chi connectivity index (χ0v) is 15.8. The number of hydrogen-bond donors (Lipinski definition) is 1. The van der Waals surface area contributed by atoms with Gasteiger partial charge in [0.2, 0.25) is 5.91 Å². The minimum atomic E-state index is -0.106. The molecule has 1 aliphatic rings. The summed E-state index contributed by atoms with van der Waals surface area (Å²) in [4.78, 5) is 25.8. The zero-order valence-electron chi connectivity index (χ0n) is 15.8. The van der Waals surface area contributed by atoms with Crippen molar-refractivity contribution in [1.82, 2.24) is 10.2 Å². The monoisotopic (exact) mass is 362 g/mol. The summed E-state index contributed by atoms with van der Waals surface area (Å²) in [5, 5.41) is 2.93. The number of esters is 1. The van der Waals surface area contributed by atoms with Crippen molar-refractivity contribution in [2.45, 2.75) is 33.1 Å². The van der Waals surface area contributed by atoms with Crippen LogP contribution in [0.25, 0.3) is 0 Å². The van der Waals surface area contributed by atoms with Gasteiger partial charge in [-0.2, -0.15) is 0 Å². The molecule has 6 heteroatoms. The molecule has 2 rings (SSSR count). The van der Waals surface area contributed by atoms with Crippen LogP contribution in [0, 0.1) is 12.8 Å². The van der Waals surface area contributed by atoms with Crippen LogP contribution in [-0.4, -0.2) is 56.2 Å². The van der Waals surface area contributed by atoms with Crippen LogP contribution < -0.4 is 10.1 Å². The molecule has 0 atom stereocenters. The molecule has 0 bridgehead atoms. The zero-order chi connectivity index (χ0) is 18.8. The van der Waals surface area contributed by atoms with Crippen molar-refractivity contribution in [2.75, 3.05) is 39.4 Å². The number of likely N-dealkylation sites (tertiary alicyclic amines) is 1. The van der Waals surface area contributed by atoms with Crippen LogP contribution in [0.1, 0.15) is 31.7 Å². The number of carbonyl (C=O) groups is 2. The summed E-state index contributed by atoms with van der Waals surface area (Å²) in [6.07, 6.45) is 2.29. The van der Waals surface area contributed by atoms with E-state index in [1.54, 1.807) is 0 Å². The van der Waals surface area contributed by atoms with E-state index in [0.717, 1.165) is 38.1 Å². The molecule has 1 amide bonds. The molecule has 1 heterocycles. The second-order valence-electron chi connectivity index (χ2n) is 6.67. The largest absolute Gasteiger partial charge is 0.494 e. The molecule has 144 valence electrons. The lowest BCUT2D eigenvalue weighted by atomic mass is 9.97. The summed E-state index contributed by atoms with van der Waals surface area (Å²) in [6.45, 7) is 7.36. The van der Waals surface area contributed by atoms with E-state index >= 15 is 0 Å². The summed E-state index contributed by atoms with van der Waals surface area (Å²) in [5.41, 5.74) is 1.17. The molecule has 0 aromatic heterocycles. The maximum atomic E-state index is 12.0. The fourth-order valence-electron chi connectivity index (χ4n) is 3.04. The summed E-state index contributed by atoms with van der Waals surface area (Å²) >= 11 is 0. The highest BCUT2D eigenvalue weighted by Crippen LogP contribution is 2.18. The molecule has 6 nitrogen and oxygen atoms in total. The first-order chi connectivity index (χ1) is 12.6. The van der Waals surface area contributed by atoms with Crippen molar-refractivity contribution < 1.29 is 19.1 Å². The highest BCUT2D eigenvalue weighted by atomic mass is 16.5. The topological polar surface area (TPSA) is 67.9 Å². The normalized spacial score (nSPS) is 15.5. The first kappa shape index (κ1) is 20.2. The number of amides is 1. The van der Waals surface area contributed by atoms with E-state index in [1.165, 1.54) is 5.56 Å². The highest BCUT2D eigenvalue weighted by Gasteiger charge is 2.26. The number of piperidine rings is 1. The molecule has 1 aliphatic heterocycles. The van der Waals surface area contributed by atoms with E-state index in [1.807, 2.05) is 38.1 Å². The van der Waals surface area contributed by atoms with Gasteiger partial charge in [-0.15, -0.1) is 0 Å². The Morgan fingerprint density at radius 2 is 2.04 bits per heavy atom. The number of benzene rings is 1. The highest BCUT2D eigenvalue weighted by molar-refractivity contribution is 5.78. The Hall–Kier alpha value is -2.08. The van der Waals surface area contributed by atoms with Gasteiger partial charge in [0.05, 0.1) is 25.7 Å². The molecule has 1 N–H and O–H groups in total. The number of hydrogen-bond acceptors (Lipinski definition) is 5. The lowest BCUT2D eigenvalue weighted by Crippen LogP contribution is -2.43. The van der Waals surface area contributed by atoms with Gasteiger partial charge in [-0.05, 0) is 63.9 Å². The van der Waals surface area contributed by atoms with Crippen LogP contribution in [0.3, 0.4) is 0 Å². The number of rotatable bonds is 9. The Morgan fingerprint density at radius 1 is 1.27 bits per heavy atom. The maximum Gasteiger partial charge on any atom is 0.309 e. The van der Waals surface area contributed by atoms with Gasteiger partial charge in [-0.1, -0.05) is 12.1 Å². The molecule has 1 aromatic carbocycles. The quantitative estimate of drug-likeness (QED) is 0.539. The molecule has 0 saturated carbocycles. The molecule has 1 aromatic rings. The Bertz CT molecular complexity index is 583. The summed E-state index contributed by atoms with van der Waals surface area (Å²) < 4.78 is 10.7. The van der Waals surface area contributed by atoms with Gasteiger partial charge in [0.15, 0.2) is 0 Å². The third-order valence-corrected chi connectivity index (χ3v) is 4.48.